The quantitative estimate of drug-likeness (QED) is 0.919. The Labute approximate surface area is 131 Å². The predicted molar refractivity (Wildman–Crippen MR) is 84.5 cm³/mol. The van der Waals surface area contributed by atoms with Gasteiger partial charge >= 0.3 is 0 Å². The summed E-state index contributed by atoms with van der Waals surface area (Å²) >= 11 is 3.36. The Kier molecular flexibility index (Phi) is 3.80. The highest BCUT2D eigenvalue weighted by Crippen LogP contribution is 2.40. The first kappa shape index (κ1) is 14.3. The van der Waals surface area contributed by atoms with Gasteiger partial charge in [-0.3, -0.25) is 9.48 Å². The summed E-state index contributed by atoms with van der Waals surface area (Å²) in [5, 5.41) is 7.23. The van der Waals surface area contributed by atoms with Crippen LogP contribution in [0.3, 0.4) is 0 Å². The highest BCUT2D eigenvalue weighted by Gasteiger charge is 2.28. The second kappa shape index (κ2) is 5.60. The Balaban J connectivity index is 1.81. The lowest BCUT2D eigenvalue weighted by molar-refractivity contribution is 0.102. The van der Waals surface area contributed by atoms with Crippen molar-refractivity contribution in [1.82, 2.24) is 14.8 Å². The van der Waals surface area contributed by atoms with Gasteiger partial charge in [-0.05, 0) is 60.3 Å². The van der Waals surface area contributed by atoms with Crippen LogP contribution in [0.4, 0.5) is 5.82 Å². The minimum atomic E-state index is -0.206. The third-order valence-corrected chi connectivity index (χ3v) is 4.05. The maximum absolute atomic E-state index is 12.3. The first-order chi connectivity index (χ1) is 10.1. The van der Waals surface area contributed by atoms with E-state index in [1.54, 1.807) is 6.20 Å². The van der Waals surface area contributed by atoms with Crippen LogP contribution in [0.15, 0.2) is 22.8 Å². The van der Waals surface area contributed by atoms with Gasteiger partial charge in [0.15, 0.2) is 5.69 Å². The summed E-state index contributed by atoms with van der Waals surface area (Å²) in [5.74, 6) is 0.941. The molecule has 0 radical (unpaired) electrons. The zero-order valence-corrected chi connectivity index (χ0v) is 13.6. The molecular formula is C15H17BrN4O. The van der Waals surface area contributed by atoms with Crippen molar-refractivity contribution in [1.29, 1.82) is 0 Å². The minimum absolute atomic E-state index is 0.206. The number of aromatic nitrogens is 3. The van der Waals surface area contributed by atoms with Gasteiger partial charge < -0.3 is 5.32 Å². The molecule has 0 unspecified atom stereocenters. The number of nitrogens with one attached hydrogen (secondary N) is 1. The van der Waals surface area contributed by atoms with E-state index < -0.39 is 0 Å². The first-order valence-electron chi connectivity index (χ1n) is 7.09. The van der Waals surface area contributed by atoms with Gasteiger partial charge in [-0.25, -0.2) is 4.98 Å². The number of nitrogens with zero attached hydrogens (tertiary/aromatic N) is 3. The molecule has 1 aliphatic rings. The molecule has 110 valence electrons. The van der Waals surface area contributed by atoms with Gasteiger partial charge in [0.2, 0.25) is 0 Å². The number of rotatable bonds is 4. The van der Waals surface area contributed by atoms with E-state index in [4.69, 9.17) is 0 Å². The first-order valence-corrected chi connectivity index (χ1v) is 7.89. The zero-order valence-electron chi connectivity index (χ0n) is 12.1. The summed E-state index contributed by atoms with van der Waals surface area (Å²) < 4.78 is 2.82. The van der Waals surface area contributed by atoms with Crippen molar-refractivity contribution in [3.63, 3.8) is 0 Å². The molecule has 0 saturated heterocycles. The van der Waals surface area contributed by atoms with E-state index in [1.165, 1.54) is 18.5 Å². The van der Waals surface area contributed by atoms with Crippen molar-refractivity contribution in [2.75, 3.05) is 5.32 Å². The van der Waals surface area contributed by atoms with Gasteiger partial charge in [-0.1, -0.05) is 0 Å². The Morgan fingerprint density at radius 3 is 2.86 bits per heavy atom. The standard InChI is InChI=1S/C15H17BrN4O/c1-3-20-13(10-4-5-10)7-12(19-20)15(21)18-14-9(2)6-11(16)8-17-14/h6-8,10H,3-5H2,1-2H3,(H,17,18,21). The molecule has 0 spiro atoms. The van der Waals surface area contributed by atoms with E-state index in [0.717, 1.165) is 16.6 Å². The summed E-state index contributed by atoms with van der Waals surface area (Å²) in [5.41, 5.74) is 2.54. The predicted octanol–water partition coefficient (Wildman–Crippen LogP) is 3.50. The fourth-order valence-corrected chi connectivity index (χ4v) is 2.79. The van der Waals surface area contributed by atoms with Crippen LogP contribution in [0.2, 0.25) is 0 Å². The van der Waals surface area contributed by atoms with Crippen molar-refractivity contribution >= 4 is 27.7 Å². The zero-order chi connectivity index (χ0) is 15.0. The molecule has 1 aliphatic carbocycles. The molecule has 6 heteroatoms. The molecule has 0 bridgehead atoms. The van der Waals surface area contributed by atoms with Crippen LogP contribution < -0.4 is 5.32 Å². The topological polar surface area (TPSA) is 59.8 Å². The maximum atomic E-state index is 12.3. The molecule has 1 N–H and O–H groups in total. The molecule has 0 aromatic carbocycles. The van der Waals surface area contributed by atoms with E-state index >= 15 is 0 Å². The van der Waals surface area contributed by atoms with E-state index in [1.807, 2.05) is 30.7 Å². The van der Waals surface area contributed by atoms with Crippen molar-refractivity contribution in [2.45, 2.75) is 39.2 Å². The van der Waals surface area contributed by atoms with E-state index in [2.05, 4.69) is 31.3 Å². The molecular weight excluding hydrogens is 332 g/mol. The van der Waals surface area contributed by atoms with Gasteiger partial charge in [-0.15, -0.1) is 0 Å². The highest BCUT2D eigenvalue weighted by atomic mass is 79.9. The number of carbonyl (C=O) groups excluding carboxylic acids is 1. The molecule has 0 atom stereocenters. The summed E-state index contributed by atoms with van der Waals surface area (Å²) in [4.78, 5) is 16.6. The number of anilines is 1. The summed E-state index contributed by atoms with van der Waals surface area (Å²) in [6, 6.07) is 3.83. The lowest BCUT2D eigenvalue weighted by atomic mass is 10.2. The average Bonchev–Trinajstić information content (AvgIpc) is 3.20. The summed E-state index contributed by atoms with van der Waals surface area (Å²) in [6.45, 7) is 4.74. The normalized spacial score (nSPS) is 14.2. The molecule has 21 heavy (non-hydrogen) atoms. The SMILES string of the molecule is CCn1nc(C(=O)Nc2ncc(Br)cc2C)cc1C1CC1. The molecule has 1 fully saturated rings. The molecule has 5 nitrogen and oxygen atoms in total. The van der Waals surface area contributed by atoms with Crippen LogP contribution in [0.5, 0.6) is 0 Å². The molecule has 1 saturated carbocycles. The van der Waals surface area contributed by atoms with Gasteiger partial charge in [-0.2, -0.15) is 5.10 Å². The van der Waals surface area contributed by atoms with Gasteiger partial charge in [0.05, 0.1) is 0 Å². The fourth-order valence-electron chi connectivity index (χ4n) is 2.35. The number of amides is 1. The lowest BCUT2D eigenvalue weighted by Crippen LogP contribution is -2.15. The number of carbonyl (C=O) groups is 1. The van der Waals surface area contributed by atoms with Crippen molar-refractivity contribution < 1.29 is 4.79 Å². The molecule has 2 heterocycles. The average molecular weight is 349 g/mol. The molecule has 3 rings (SSSR count). The summed E-state index contributed by atoms with van der Waals surface area (Å²) in [6.07, 6.45) is 4.06. The van der Waals surface area contributed by atoms with Crippen molar-refractivity contribution in [3.8, 4) is 0 Å². The molecule has 2 aromatic rings. The van der Waals surface area contributed by atoms with Crippen LogP contribution in [-0.4, -0.2) is 20.7 Å². The third-order valence-electron chi connectivity index (χ3n) is 3.62. The lowest BCUT2D eigenvalue weighted by Gasteiger charge is -2.05. The number of hydrogen-bond acceptors (Lipinski definition) is 3. The van der Waals surface area contributed by atoms with Gasteiger partial charge in [0.25, 0.3) is 5.91 Å². The number of hydrogen-bond donors (Lipinski definition) is 1. The summed E-state index contributed by atoms with van der Waals surface area (Å²) in [7, 11) is 0. The second-order valence-electron chi connectivity index (χ2n) is 5.32. The molecule has 2 aromatic heterocycles. The fraction of sp³-hybridized carbons (Fsp3) is 0.400. The van der Waals surface area contributed by atoms with Crippen molar-refractivity contribution in [3.05, 3.63) is 39.8 Å². The van der Waals surface area contributed by atoms with Crippen LogP contribution in [-0.2, 0) is 6.54 Å². The molecule has 0 aliphatic heterocycles. The smallest absolute Gasteiger partial charge is 0.277 e. The number of aryl methyl sites for hydroxylation is 2. The third kappa shape index (κ3) is 3.00. The maximum Gasteiger partial charge on any atom is 0.277 e. The van der Waals surface area contributed by atoms with E-state index in [9.17, 15) is 4.79 Å². The largest absolute Gasteiger partial charge is 0.305 e. The molecule has 1 amide bonds. The Hall–Kier alpha value is -1.69. The van der Waals surface area contributed by atoms with E-state index in [-0.39, 0.29) is 5.91 Å². The monoisotopic (exact) mass is 348 g/mol. The van der Waals surface area contributed by atoms with Crippen LogP contribution >= 0.6 is 15.9 Å². The van der Waals surface area contributed by atoms with Crippen LogP contribution in [0.1, 0.15) is 47.4 Å². The Bertz CT molecular complexity index is 691. The van der Waals surface area contributed by atoms with Gasteiger partial charge in [0, 0.05) is 28.8 Å². The number of halogens is 1. The highest BCUT2D eigenvalue weighted by molar-refractivity contribution is 9.10. The number of pyridine rings is 1. The van der Waals surface area contributed by atoms with Crippen LogP contribution in [0, 0.1) is 6.92 Å². The second-order valence-corrected chi connectivity index (χ2v) is 6.23. The Morgan fingerprint density at radius 1 is 1.48 bits per heavy atom. The van der Waals surface area contributed by atoms with Crippen molar-refractivity contribution in [2.24, 2.45) is 0 Å². The van der Waals surface area contributed by atoms with Crippen LogP contribution in [0.25, 0.3) is 0 Å². The minimum Gasteiger partial charge on any atom is -0.305 e. The Morgan fingerprint density at radius 2 is 2.24 bits per heavy atom. The van der Waals surface area contributed by atoms with Gasteiger partial charge in [0.1, 0.15) is 5.82 Å². The van der Waals surface area contributed by atoms with E-state index in [0.29, 0.717) is 17.4 Å².